The standard InChI is InChI=1S/C22H24ClN5O3/c1-13-6-7-28(11-13)22-24-10-17(23)20(26-22)25-16-4-5-18-15(8-16)9-19(21(30)27(18)3)31-12-14(2)29/h4-5,8-10,13H,6-7,11-12H2,1-3H3,(H,24,25,26)/t13-/m0/s1. The molecule has 4 rings (SSSR count). The third-order valence-corrected chi connectivity index (χ3v) is 5.60. The zero-order valence-corrected chi connectivity index (χ0v) is 18.4. The molecule has 3 aromatic rings. The lowest BCUT2D eigenvalue weighted by Crippen LogP contribution is -2.22. The lowest BCUT2D eigenvalue weighted by molar-refractivity contribution is -0.118. The van der Waals surface area contributed by atoms with E-state index in [1.165, 1.54) is 11.5 Å². The lowest BCUT2D eigenvalue weighted by atomic mass is 10.2. The summed E-state index contributed by atoms with van der Waals surface area (Å²) in [6.45, 7) is 5.33. The molecule has 0 spiro atoms. The number of nitrogens with one attached hydrogen (secondary N) is 1. The maximum Gasteiger partial charge on any atom is 0.293 e. The minimum Gasteiger partial charge on any atom is -0.480 e. The van der Waals surface area contributed by atoms with Crippen LogP contribution in [0.2, 0.25) is 5.02 Å². The van der Waals surface area contributed by atoms with Crippen LogP contribution < -0.4 is 20.5 Å². The summed E-state index contributed by atoms with van der Waals surface area (Å²) < 4.78 is 6.89. The number of aryl methyl sites for hydroxylation is 1. The summed E-state index contributed by atoms with van der Waals surface area (Å²) in [4.78, 5) is 34.9. The first-order chi connectivity index (χ1) is 14.8. The van der Waals surface area contributed by atoms with Gasteiger partial charge in [-0.05, 0) is 43.5 Å². The summed E-state index contributed by atoms with van der Waals surface area (Å²) in [6.07, 6.45) is 2.72. The highest BCUT2D eigenvalue weighted by molar-refractivity contribution is 6.32. The Kier molecular flexibility index (Phi) is 5.82. The predicted molar refractivity (Wildman–Crippen MR) is 122 cm³/mol. The molecule has 1 fully saturated rings. The summed E-state index contributed by atoms with van der Waals surface area (Å²) in [5.41, 5.74) is 1.20. The Balaban J connectivity index is 1.65. The van der Waals surface area contributed by atoms with Gasteiger partial charge in [0.2, 0.25) is 5.95 Å². The van der Waals surface area contributed by atoms with E-state index in [0.29, 0.717) is 22.7 Å². The molecular formula is C22H24ClN5O3. The molecule has 1 atom stereocenters. The fourth-order valence-electron chi connectivity index (χ4n) is 3.67. The number of halogens is 1. The van der Waals surface area contributed by atoms with Gasteiger partial charge in [0.25, 0.3) is 5.56 Å². The number of benzene rings is 1. The summed E-state index contributed by atoms with van der Waals surface area (Å²) in [5.74, 6) is 1.76. The highest BCUT2D eigenvalue weighted by Gasteiger charge is 2.21. The number of anilines is 3. The Labute approximate surface area is 184 Å². The highest BCUT2D eigenvalue weighted by atomic mass is 35.5. The van der Waals surface area contributed by atoms with Crippen molar-refractivity contribution in [2.75, 3.05) is 29.9 Å². The topological polar surface area (TPSA) is 89.3 Å². The van der Waals surface area contributed by atoms with Crippen molar-refractivity contribution in [2.45, 2.75) is 20.3 Å². The molecular weight excluding hydrogens is 418 g/mol. The van der Waals surface area contributed by atoms with Crippen LogP contribution in [0.25, 0.3) is 10.9 Å². The van der Waals surface area contributed by atoms with Gasteiger partial charge in [0, 0.05) is 31.2 Å². The summed E-state index contributed by atoms with van der Waals surface area (Å²) in [6, 6.07) is 7.22. The number of fused-ring (bicyclic) bond motifs is 1. The second kappa shape index (κ2) is 8.55. The zero-order chi connectivity index (χ0) is 22.1. The van der Waals surface area contributed by atoms with E-state index >= 15 is 0 Å². The van der Waals surface area contributed by atoms with Crippen molar-refractivity contribution >= 4 is 45.7 Å². The van der Waals surface area contributed by atoms with Gasteiger partial charge in [0.05, 0.1) is 11.7 Å². The average molecular weight is 442 g/mol. The minimum absolute atomic E-state index is 0.132. The molecule has 0 unspecified atom stereocenters. The Morgan fingerprint density at radius 3 is 2.87 bits per heavy atom. The van der Waals surface area contributed by atoms with Gasteiger partial charge in [-0.2, -0.15) is 4.98 Å². The normalized spacial score (nSPS) is 16.0. The number of rotatable bonds is 6. The van der Waals surface area contributed by atoms with E-state index in [9.17, 15) is 9.59 Å². The lowest BCUT2D eigenvalue weighted by Gasteiger charge is -2.17. The van der Waals surface area contributed by atoms with Crippen LogP contribution in [-0.2, 0) is 11.8 Å². The Morgan fingerprint density at radius 2 is 2.16 bits per heavy atom. The van der Waals surface area contributed by atoms with Crippen LogP contribution in [0, 0.1) is 5.92 Å². The van der Waals surface area contributed by atoms with E-state index in [1.807, 2.05) is 18.2 Å². The summed E-state index contributed by atoms with van der Waals surface area (Å²) in [7, 11) is 1.67. The van der Waals surface area contributed by atoms with Crippen LogP contribution >= 0.6 is 11.6 Å². The molecule has 3 heterocycles. The molecule has 0 radical (unpaired) electrons. The van der Waals surface area contributed by atoms with Crippen molar-refractivity contribution in [3.63, 3.8) is 0 Å². The highest BCUT2D eigenvalue weighted by Crippen LogP contribution is 2.29. The number of carbonyl (C=O) groups is 1. The van der Waals surface area contributed by atoms with Crippen LogP contribution in [0.1, 0.15) is 20.3 Å². The third-order valence-electron chi connectivity index (χ3n) is 5.32. The van der Waals surface area contributed by atoms with Crippen molar-refractivity contribution in [3.05, 3.63) is 45.8 Å². The van der Waals surface area contributed by atoms with E-state index in [4.69, 9.17) is 16.3 Å². The molecule has 162 valence electrons. The fraction of sp³-hybridized carbons (Fsp3) is 0.364. The van der Waals surface area contributed by atoms with Crippen molar-refractivity contribution < 1.29 is 9.53 Å². The van der Waals surface area contributed by atoms with E-state index in [-0.39, 0.29) is 23.7 Å². The molecule has 0 amide bonds. The van der Waals surface area contributed by atoms with Gasteiger partial charge in [-0.25, -0.2) is 4.98 Å². The second-order valence-electron chi connectivity index (χ2n) is 7.97. The Bertz CT molecular complexity index is 1210. The van der Waals surface area contributed by atoms with Gasteiger partial charge in [-0.1, -0.05) is 18.5 Å². The second-order valence-corrected chi connectivity index (χ2v) is 8.38. The number of carbonyl (C=O) groups excluding carboxylic acids is 1. The monoisotopic (exact) mass is 441 g/mol. The van der Waals surface area contributed by atoms with E-state index in [0.717, 1.165) is 36.1 Å². The van der Waals surface area contributed by atoms with E-state index in [1.54, 1.807) is 19.3 Å². The van der Waals surface area contributed by atoms with Gasteiger partial charge >= 0.3 is 0 Å². The molecule has 1 aliphatic heterocycles. The molecule has 1 N–H and O–H groups in total. The number of aromatic nitrogens is 3. The molecule has 31 heavy (non-hydrogen) atoms. The number of Topliss-reactive ketones (excluding diaryl/α,β-unsaturated/α-hetero) is 1. The zero-order valence-electron chi connectivity index (χ0n) is 17.7. The van der Waals surface area contributed by atoms with Crippen LogP contribution in [0.4, 0.5) is 17.5 Å². The Hall–Kier alpha value is -3.13. The van der Waals surface area contributed by atoms with Gasteiger partial charge in [0.1, 0.15) is 11.6 Å². The first-order valence-electron chi connectivity index (χ1n) is 10.1. The quantitative estimate of drug-likeness (QED) is 0.625. The van der Waals surface area contributed by atoms with Crippen molar-refractivity contribution in [2.24, 2.45) is 13.0 Å². The number of pyridine rings is 1. The first kappa shape index (κ1) is 21.1. The predicted octanol–water partition coefficient (Wildman–Crippen LogP) is 3.54. The van der Waals surface area contributed by atoms with Gasteiger partial charge in [0.15, 0.2) is 17.4 Å². The summed E-state index contributed by atoms with van der Waals surface area (Å²) >= 11 is 6.34. The molecule has 0 aliphatic carbocycles. The minimum atomic E-state index is -0.294. The van der Waals surface area contributed by atoms with Crippen LogP contribution in [0.5, 0.6) is 5.75 Å². The molecule has 9 heteroatoms. The maximum atomic E-state index is 12.5. The number of ketones is 1. The Morgan fingerprint density at radius 1 is 1.35 bits per heavy atom. The fourth-order valence-corrected chi connectivity index (χ4v) is 3.80. The van der Waals surface area contributed by atoms with Crippen molar-refractivity contribution in [3.8, 4) is 5.75 Å². The molecule has 1 saturated heterocycles. The number of ether oxygens (including phenoxy) is 1. The van der Waals surface area contributed by atoms with Crippen molar-refractivity contribution in [1.82, 2.24) is 14.5 Å². The molecule has 2 aromatic heterocycles. The van der Waals surface area contributed by atoms with Crippen LogP contribution in [0.15, 0.2) is 35.3 Å². The number of hydrogen-bond acceptors (Lipinski definition) is 7. The number of nitrogens with zero attached hydrogens (tertiary/aromatic N) is 4. The van der Waals surface area contributed by atoms with Gasteiger partial charge in [-0.15, -0.1) is 0 Å². The van der Waals surface area contributed by atoms with Crippen LogP contribution in [-0.4, -0.2) is 40.0 Å². The average Bonchev–Trinajstić information content (AvgIpc) is 3.17. The van der Waals surface area contributed by atoms with Crippen LogP contribution in [0.3, 0.4) is 0 Å². The molecule has 8 nitrogen and oxygen atoms in total. The largest absolute Gasteiger partial charge is 0.480 e. The smallest absolute Gasteiger partial charge is 0.293 e. The molecule has 1 aliphatic rings. The molecule has 0 bridgehead atoms. The summed E-state index contributed by atoms with van der Waals surface area (Å²) in [5, 5.41) is 4.45. The van der Waals surface area contributed by atoms with Gasteiger partial charge in [-0.3, -0.25) is 9.59 Å². The third kappa shape index (κ3) is 4.49. The van der Waals surface area contributed by atoms with Gasteiger partial charge < -0.3 is 19.5 Å². The maximum absolute atomic E-state index is 12.5. The number of hydrogen-bond donors (Lipinski definition) is 1. The van der Waals surface area contributed by atoms with E-state index < -0.39 is 0 Å². The molecule has 0 saturated carbocycles. The first-order valence-corrected chi connectivity index (χ1v) is 10.5. The SMILES string of the molecule is CC(=O)COc1cc2cc(Nc3nc(N4CC[C@H](C)C4)ncc3Cl)ccc2n(C)c1=O. The van der Waals surface area contributed by atoms with Crippen molar-refractivity contribution in [1.29, 1.82) is 0 Å². The molecule has 1 aromatic carbocycles. The van der Waals surface area contributed by atoms with E-state index in [2.05, 4.69) is 27.1 Å².